The van der Waals surface area contributed by atoms with Crippen LogP contribution in [0, 0.1) is 17.1 Å². The van der Waals surface area contributed by atoms with Crippen molar-refractivity contribution >= 4 is 28.9 Å². The molecule has 0 heterocycles. The number of hydrogen-bond donors (Lipinski definition) is 0. The third-order valence-corrected chi connectivity index (χ3v) is 3.39. The van der Waals surface area contributed by atoms with E-state index in [2.05, 4.69) is 0 Å². The predicted molar refractivity (Wildman–Crippen MR) is 85.7 cm³/mol. The van der Waals surface area contributed by atoms with Crippen molar-refractivity contribution in [1.82, 2.24) is 0 Å². The topological polar surface area (TPSA) is 27.0 Å². The van der Waals surface area contributed by atoms with Gasteiger partial charge < -0.3 is 4.90 Å². The first kappa shape index (κ1) is 15.1. The van der Waals surface area contributed by atoms with Crippen LogP contribution >= 0.6 is 11.6 Å². The van der Waals surface area contributed by atoms with E-state index in [-0.39, 0.29) is 16.2 Å². The Balaban J connectivity index is 2.44. The average molecular weight is 301 g/mol. The van der Waals surface area contributed by atoms with Crippen LogP contribution in [0.1, 0.15) is 11.1 Å². The van der Waals surface area contributed by atoms with Crippen LogP contribution in [-0.2, 0) is 0 Å². The van der Waals surface area contributed by atoms with E-state index in [0.29, 0.717) is 0 Å². The van der Waals surface area contributed by atoms with Crippen LogP contribution in [0.4, 0.5) is 10.1 Å². The maximum atomic E-state index is 13.9. The van der Waals surface area contributed by atoms with Gasteiger partial charge in [-0.1, -0.05) is 29.8 Å². The first-order valence-electron chi connectivity index (χ1n) is 6.36. The molecule has 0 saturated carbocycles. The Labute approximate surface area is 128 Å². The Morgan fingerprint density at radius 3 is 2.38 bits per heavy atom. The van der Waals surface area contributed by atoms with Gasteiger partial charge in [0, 0.05) is 25.3 Å². The molecule has 0 aliphatic rings. The zero-order valence-electron chi connectivity index (χ0n) is 11.8. The summed E-state index contributed by atoms with van der Waals surface area (Å²) in [6.45, 7) is 0. The summed E-state index contributed by atoms with van der Waals surface area (Å²) in [5.41, 5.74) is 2.21. The Hall–Kier alpha value is -2.31. The fraction of sp³-hybridized carbons (Fsp3) is 0.118. The number of benzene rings is 2. The average Bonchev–Trinajstić information content (AvgIpc) is 2.46. The van der Waals surface area contributed by atoms with E-state index in [4.69, 9.17) is 11.6 Å². The summed E-state index contributed by atoms with van der Waals surface area (Å²) >= 11 is 6.00. The molecule has 0 bridgehead atoms. The number of rotatable bonds is 3. The van der Waals surface area contributed by atoms with E-state index in [9.17, 15) is 9.65 Å². The molecular weight excluding hydrogens is 287 g/mol. The largest absolute Gasteiger partial charge is 0.378 e. The molecule has 4 heteroatoms. The molecule has 21 heavy (non-hydrogen) atoms. The normalized spacial score (nSPS) is 11.1. The summed E-state index contributed by atoms with van der Waals surface area (Å²) in [6.07, 6.45) is 1.63. The first-order valence-corrected chi connectivity index (χ1v) is 6.74. The third kappa shape index (κ3) is 3.42. The van der Waals surface area contributed by atoms with Gasteiger partial charge >= 0.3 is 0 Å². The number of hydrogen-bond acceptors (Lipinski definition) is 2. The molecule has 0 aromatic heterocycles. The highest BCUT2D eigenvalue weighted by atomic mass is 35.5. The fourth-order valence-electron chi connectivity index (χ4n) is 1.95. The molecule has 0 fully saturated rings. The molecule has 2 aromatic carbocycles. The lowest BCUT2D eigenvalue weighted by Gasteiger charge is -2.12. The van der Waals surface area contributed by atoms with Crippen molar-refractivity contribution in [3.63, 3.8) is 0 Å². The number of nitrogens with zero attached hydrogens (tertiary/aromatic N) is 2. The Morgan fingerprint density at radius 1 is 1.19 bits per heavy atom. The number of anilines is 1. The highest BCUT2D eigenvalue weighted by Crippen LogP contribution is 2.28. The monoisotopic (exact) mass is 300 g/mol. The van der Waals surface area contributed by atoms with Crippen LogP contribution < -0.4 is 4.90 Å². The standard InChI is InChI=1S/C17H14ClFN2/c1-21(2)14-8-6-12(7-9-14)10-13(11-20)17-15(18)4-3-5-16(17)19/h3-10H,1-2H3. The van der Waals surface area contributed by atoms with Crippen molar-refractivity contribution < 1.29 is 4.39 Å². The minimum atomic E-state index is -0.500. The van der Waals surface area contributed by atoms with E-state index in [0.717, 1.165) is 11.3 Å². The van der Waals surface area contributed by atoms with Gasteiger partial charge in [0.05, 0.1) is 16.7 Å². The highest BCUT2D eigenvalue weighted by Gasteiger charge is 2.12. The van der Waals surface area contributed by atoms with Gasteiger partial charge in [0.2, 0.25) is 0 Å². The van der Waals surface area contributed by atoms with Crippen LogP contribution in [0.3, 0.4) is 0 Å². The molecule has 0 atom stereocenters. The van der Waals surface area contributed by atoms with Crippen molar-refractivity contribution in [2.45, 2.75) is 0 Å². The molecule has 2 nitrogen and oxygen atoms in total. The molecule has 0 spiro atoms. The molecule has 0 N–H and O–H groups in total. The molecule has 0 saturated heterocycles. The van der Waals surface area contributed by atoms with E-state index < -0.39 is 5.82 Å². The number of halogens is 2. The van der Waals surface area contributed by atoms with E-state index in [1.807, 2.05) is 49.3 Å². The van der Waals surface area contributed by atoms with Crippen LogP contribution in [0.5, 0.6) is 0 Å². The molecule has 0 aliphatic carbocycles. The van der Waals surface area contributed by atoms with E-state index >= 15 is 0 Å². The number of allylic oxidation sites excluding steroid dienone is 1. The summed E-state index contributed by atoms with van der Waals surface area (Å²) in [7, 11) is 3.90. The molecule has 2 aromatic rings. The van der Waals surface area contributed by atoms with Gasteiger partial charge in [-0.05, 0) is 35.9 Å². The second kappa shape index (κ2) is 6.43. The smallest absolute Gasteiger partial charge is 0.133 e. The Morgan fingerprint density at radius 2 is 1.86 bits per heavy atom. The lowest BCUT2D eigenvalue weighted by atomic mass is 10.0. The summed E-state index contributed by atoms with van der Waals surface area (Å²) in [5.74, 6) is -0.500. The van der Waals surface area contributed by atoms with Crippen LogP contribution in [0.2, 0.25) is 5.02 Å². The molecule has 2 rings (SSSR count). The van der Waals surface area contributed by atoms with Gasteiger partial charge in [-0.3, -0.25) is 0 Å². The van der Waals surface area contributed by atoms with Gasteiger partial charge in [-0.25, -0.2) is 4.39 Å². The van der Waals surface area contributed by atoms with Crippen molar-refractivity contribution in [1.29, 1.82) is 5.26 Å². The minimum absolute atomic E-state index is 0.137. The van der Waals surface area contributed by atoms with E-state index in [1.54, 1.807) is 12.1 Å². The summed E-state index contributed by atoms with van der Waals surface area (Å²) < 4.78 is 13.9. The first-order chi connectivity index (χ1) is 10.0. The summed E-state index contributed by atoms with van der Waals surface area (Å²) in [4.78, 5) is 1.98. The highest BCUT2D eigenvalue weighted by molar-refractivity contribution is 6.32. The molecule has 0 aliphatic heterocycles. The lowest BCUT2D eigenvalue weighted by molar-refractivity contribution is 0.624. The van der Waals surface area contributed by atoms with Crippen molar-refractivity contribution in [3.8, 4) is 6.07 Å². The quantitative estimate of drug-likeness (QED) is 0.611. The summed E-state index contributed by atoms with van der Waals surface area (Å²) in [6, 6.07) is 14.0. The van der Waals surface area contributed by atoms with Crippen LogP contribution in [0.15, 0.2) is 42.5 Å². The molecule has 0 radical (unpaired) electrons. The SMILES string of the molecule is CN(C)c1ccc(C=C(C#N)c2c(F)cccc2Cl)cc1. The second-order valence-electron chi connectivity index (χ2n) is 4.75. The van der Waals surface area contributed by atoms with Gasteiger partial charge in [0.25, 0.3) is 0 Å². The van der Waals surface area contributed by atoms with Crippen LogP contribution in [0.25, 0.3) is 11.6 Å². The zero-order chi connectivity index (χ0) is 15.4. The summed E-state index contributed by atoms with van der Waals surface area (Å²) in [5, 5.41) is 9.51. The minimum Gasteiger partial charge on any atom is -0.378 e. The molecular formula is C17H14ClFN2. The second-order valence-corrected chi connectivity index (χ2v) is 5.16. The molecule has 0 amide bonds. The number of nitriles is 1. The lowest BCUT2D eigenvalue weighted by Crippen LogP contribution is -2.07. The third-order valence-electron chi connectivity index (χ3n) is 3.07. The fourth-order valence-corrected chi connectivity index (χ4v) is 2.22. The van der Waals surface area contributed by atoms with Crippen molar-refractivity contribution in [3.05, 3.63) is 64.4 Å². The van der Waals surface area contributed by atoms with Gasteiger partial charge in [0.15, 0.2) is 0 Å². The van der Waals surface area contributed by atoms with Gasteiger partial charge in [-0.2, -0.15) is 5.26 Å². The predicted octanol–water partition coefficient (Wildman–Crippen LogP) is 4.61. The van der Waals surface area contributed by atoms with Gasteiger partial charge in [-0.15, -0.1) is 0 Å². The maximum absolute atomic E-state index is 13.9. The van der Waals surface area contributed by atoms with Gasteiger partial charge in [0.1, 0.15) is 5.82 Å². The Kier molecular flexibility index (Phi) is 4.62. The molecule has 106 valence electrons. The van der Waals surface area contributed by atoms with Crippen LogP contribution in [-0.4, -0.2) is 14.1 Å². The maximum Gasteiger partial charge on any atom is 0.133 e. The zero-order valence-corrected chi connectivity index (χ0v) is 12.5. The van der Waals surface area contributed by atoms with E-state index in [1.165, 1.54) is 12.1 Å². The van der Waals surface area contributed by atoms with Crippen molar-refractivity contribution in [2.75, 3.05) is 19.0 Å². The molecule has 0 unspecified atom stereocenters. The van der Waals surface area contributed by atoms with Crippen molar-refractivity contribution in [2.24, 2.45) is 0 Å². The Bertz CT molecular complexity index is 692.